The number of thiophene rings is 1. The monoisotopic (exact) mass is 654 g/mol. The van der Waals surface area contributed by atoms with Crippen molar-refractivity contribution in [3.05, 3.63) is 91.5 Å². The first-order valence-electron chi connectivity index (χ1n) is 16.2. The van der Waals surface area contributed by atoms with Gasteiger partial charge in [-0.25, -0.2) is 4.98 Å². The quantitative estimate of drug-likeness (QED) is 0.240. The average Bonchev–Trinajstić information content (AvgIpc) is 3.35. The molecule has 0 saturated carbocycles. The van der Waals surface area contributed by atoms with Gasteiger partial charge in [-0.05, 0) is 73.6 Å². The van der Waals surface area contributed by atoms with Gasteiger partial charge in [-0.3, -0.25) is 19.3 Å². The third-order valence-electron chi connectivity index (χ3n) is 8.97. The minimum atomic E-state index is -0.414. The Labute approximate surface area is 279 Å². The molecule has 1 aliphatic heterocycles. The van der Waals surface area contributed by atoms with Crippen molar-refractivity contribution in [3.63, 3.8) is 0 Å². The first-order valence-corrected chi connectivity index (χ1v) is 17.0. The average molecular weight is 655 g/mol. The fourth-order valence-electron chi connectivity index (χ4n) is 6.30. The first-order chi connectivity index (χ1) is 22.7. The van der Waals surface area contributed by atoms with Gasteiger partial charge in [0.05, 0.1) is 23.8 Å². The molecule has 1 unspecified atom stereocenters. The maximum absolute atomic E-state index is 13.3. The number of aromatic nitrogens is 2. The Kier molecular flexibility index (Phi) is 9.86. The molecule has 2 aromatic heterocycles. The number of carbonyl (C=O) groups excluding carboxylic acids is 2. The van der Waals surface area contributed by atoms with Crippen molar-refractivity contribution in [2.24, 2.45) is 7.05 Å². The molecule has 0 spiro atoms. The lowest BCUT2D eigenvalue weighted by Crippen LogP contribution is -2.45. The standard InChI is InChI=1S/C36H42N6O4S/c1-23-27(10-8-11-28(23)39-34(43)31-21-25-9-6-5-7-12-30(25)47-31)29-22-41(4)36(45)33(38-29)37-26-15-13-24(14-16-26)32(35(44)40(2)3)42-17-19-46-20-18-42/h8,10-11,13-16,21-22,32H,5-7,9,12,17-20H2,1-4H3,(H,37,38)(H,39,43). The van der Waals surface area contributed by atoms with Gasteiger partial charge in [0.2, 0.25) is 5.91 Å². The Morgan fingerprint density at radius 1 is 1.02 bits per heavy atom. The summed E-state index contributed by atoms with van der Waals surface area (Å²) < 4.78 is 7.01. The number of morpholine rings is 1. The molecular formula is C36H42N6O4S. The molecule has 1 saturated heterocycles. The molecular weight excluding hydrogens is 613 g/mol. The second-order valence-electron chi connectivity index (χ2n) is 12.5. The van der Waals surface area contributed by atoms with E-state index in [0.29, 0.717) is 43.4 Å². The summed E-state index contributed by atoms with van der Waals surface area (Å²) in [4.78, 5) is 50.2. The van der Waals surface area contributed by atoms with E-state index < -0.39 is 6.04 Å². The van der Waals surface area contributed by atoms with Crippen LogP contribution in [0.25, 0.3) is 11.3 Å². The zero-order chi connectivity index (χ0) is 33.1. The summed E-state index contributed by atoms with van der Waals surface area (Å²) in [5, 5.41) is 6.31. The fourth-order valence-corrected chi connectivity index (χ4v) is 7.45. The maximum atomic E-state index is 13.3. The molecule has 4 aromatic rings. The Morgan fingerprint density at radius 2 is 1.77 bits per heavy atom. The van der Waals surface area contributed by atoms with Crippen LogP contribution in [0.1, 0.15) is 56.5 Å². The van der Waals surface area contributed by atoms with Crippen LogP contribution in [-0.2, 0) is 29.4 Å². The third-order valence-corrected chi connectivity index (χ3v) is 10.2. The molecule has 1 atom stereocenters. The minimum Gasteiger partial charge on any atom is -0.379 e. The van der Waals surface area contributed by atoms with Gasteiger partial charge in [-0.1, -0.05) is 30.7 Å². The van der Waals surface area contributed by atoms with Crippen molar-refractivity contribution in [1.82, 2.24) is 19.4 Å². The molecule has 0 radical (unpaired) electrons. The van der Waals surface area contributed by atoms with Gasteiger partial charge in [-0.15, -0.1) is 11.3 Å². The summed E-state index contributed by atoms with van der Waals surface area (Å²) in [6.45, 7) is 4.49. The van der Waals surface area contributed by atoms with E-state index in [1.54, 1.807) is 43.6 Å². The van der Waals surface area contributed by atoms with Crippen molar-refractivity contribution < 1.29 is 14.3 Å². The van der Waals surface area contributed by atoms with Crippen LogP contribution in [0.15, 0.2) is 59.5 Å². The number of likely N-dealkylation sites (N-methyl/N-ethyl adjacent to an activating group) is 1. The van der Waals surface area contributed by atoms with Crippen LogP contribution in [0.3, 0.4) is 0 Å². The van der Waals surface area contributed by atoms with Crippen molar-refractivity contribution in [1.29, 1.82) is 0 Å². The molecule has 2 amide bonds. The summed E-state index contributed by atoms with van der Waals surface area (Å²) in [7, 11) is 5.23. The molecule has 246 valence electrons. The van der Waals surface area contributed by atoms with Gasteiger partial charge >= 0.3 is 0 Å². The highest BCUT2D eigenvalue weighted by molar-refractivity contribution is 7.14. The van der Waals surface area contributed by atoms with Crippen LogP contribution in [0.4, 0.5) is 17.2 Å². The number of anilines is 3. The molecule has 47 heavy (non-hydrogen) atoms. The molecule has 0 bridgehead atoms. The zero-order valence-electron chi connectivity index (χ0n) is 27.5. The molecule has 10 nitrogen and oxygen atoms in total. The van der Waals surface area contributed by atoms with Crippen molar-refractivity contribution >= 4 is 40.3 Å². The number of fused-ring (bicyclic) bond motifs is 1. The summed E-state index contributed by atoms with van der Waals surface area (Å²) in [5.41, 5.74) is 5.58. The number of aryl methyl sites for hydroxylation is 3. The largest absolute Gasteiger partial charge is 0.379 e. The van der Waals surface area contributed by atoms with Crippen molar-refractivity contribution in [3.8, 4) is 11.3 Å². The van der Waals surface area contributed by atoms with Gasteiger partial charge in [-0.2, -0.15) is 0 Å². The first kappa shape index (κ1) is 32.6. The van der Waals surface area contributed by atoms with Gasteiger partial charge in [0.25, 0.3) is 11.5 Å². The van der Waals surface area contributed by atoms with E-state index in [1.165, 1.54) is 34.3 Å². The van der Waals surface area contributed by atoms with E-state index in [1.807, 2.05) is 49.4 Å². The van der Waals surface area contributed by atoms with Gasteiger partial charge < -0.3 is 24.8 Å². The highest BCUT2D eigenvalue weighted by Crippen LogP contribution is 2.32. The maximum Gasteiger partial charge on any atom is 0.293 e. The predicted molar refractivity (Wildman–Crippen MR) is 187 cm³/mol. The molecule has 6 rings (SSSR count). The van der Waals surface area contributed by atoms with Crippen molar-refractivity contribution in [2.45, 2.75) is 45.1 Å². The summed E-state index contributed by atoms with van der Waals surface area (Å²) in [6.07, 6.45) is 7.39. The molecule has 2 aromatic carbocycles. The SMILES string of the molecule is Cc1c(NC(=O)c2cc3c(s2)CCCCC3)cccc1-c1cn(C)c(=O)c(Nc2ccc(C(C(=O)N(C)C)N3CCOCC3)cc2)n1. The topological polar surface area (TPSA) is 109 Å². The van der Waals surface area contributed by atoms with Gasteiger partial charge in [0.1, 0.15) is 6.04 Å². The zero-order valence-corrected chi connectivity index (χ0v) is 28.3. The third kappa shape index (κ3) is 7.17. The van der Waals surface area contributed by atoms with E-state index in [4.69, 9.17) is 9.72 Å². The molecule has 1 fully saturated rings. The number of nitrogens with one attached hydrogen (secondary N) is 2. The predicted octanol–water partition coefficient (Wildman–Crippen LogP) is 5.54. The Morgan fingerprint density at radius 3 is 2.51 bits per heavy atom. The Balaban J connectivity index is 1.23. The van der Waals surface area contributed by atoms with Gasteiger partial charge in [0, 0.05) is 62.2 Å². The summed E-state index contributed by atoms with van der Waals surface area (Å²) in [6, 6.07) is 14.9. The van der Waals surface area contributed by atoms with Crippen LogP contribution in [0.2, 0.25) is 0 Å². The smallest absolute Gasteiger partial charge is 0.293 e. The second kappa shape index (κ2) is 14.2. The lowest BCUT2D eigenvalue weighted by Gasteiger charge is -2.35. The Hall–Kier alpha value is -4.32. The van der Waals surface area contributed by atoms with Crippen LogP contribution < -0.4 is 16.2 Å². The highest BCUT2D eigenvalue weighted by Gasteiger charge is 2.30. The van der Waals surface area contributed by atoms with Crippen LogP contribution >= 0.6 is 11.3 Å². The lowest BCUT2D eigenvalue weighted by atomic mass is 10.0. The molecule has 3 heterocycles. The number of amides is 2. The second-order valence-corrected chi connectivity index (χ2v) is 13.6. The van der Waals surface area contributed by atoms with Crippen LogP contribution in [0.5, 0.6) is 0 Å². The van der Waals surface area contributed by atoms with E-state index in [9.17, 15) is 14.4 Å². The van der Waals surface area contributed by atoms with E-state index >= 15 is 0 Å². The fraction of sp³-hybridized carbons (Fsp3) is 0.389. The number of carbonyl (C=O) groups is 2. The number of nitrogens with zero attached hydrogens (tertiary/aromatic N) is 4. The molecule has 11 heteroatoms. The number of hydrogen-bond donors (Lipinski definition) is 2. The minimum absolute atomic E-state index is 0.00884. The summed E-state index contributed by atoms with van der Waals surface area (Å²) in [5.74, 6) is 0.0843. The normalized spacial score (nSPS) is 15.7. The van der Waals surface area contributed by atoms with Crippen molar-refractivity contribution in [2.75, 3.05) is 51.0 Å². The van der Waals surface area contributed by atoms with Crippen LogP contribution in [0, 0.1) is 6.92 Å². The number of benzene rings is 2. The van der Waals surface area contributed by atoms with E-state index in [0.717, 1.165) is 34.4 Å². The number of rotatable bonds is 8. The Bertz CT molecular complexity index is 1800. The highest BCUT2D eigenvalue weighted by atomic mass is 32.1. The van der Waals surface area contributed by atoms with Gasteiger partial charge in [0.15, 0.2) is 5.82 Å². The number of ether oxygens (including phenoxy) is 1. The molecule has 2 aliphatic rings. The number of hydrogen-bond acceptors (Lipinski definition) is 8. The molecule has 2 N–H and O–H groups in total. The lowest BCUT2D eigenvalue weighted by molar-refractivity contribution is -0.136. The van der Waals surface area contributed by atoms with Crippen LogP contribution in [-0.4, -0.2) is 71.6 Å². The molecule has 1 aliphatic carbocycles. The van der Waals surface area contributed by atoms with E-state index in [-0.39, 0.29) is 23.2 Å². The summed E-state index contributed by atoms with van der Waals surface area (Å²) >= 11 is 1.60. The van der Waals surface area contributed by atoms with E-state index in [2.05, 4.69) is 21.6 Å².